The van der Waals surface area contributed by atoms with Crippen LogP contribution in [-0.2, 0) is 9.59 Å². The highest BCUT2D eigenvalue weighted by molar-refractivity contribution is 6.00. The molecule has 1 unspecified atom stereocenters. The van der Waals surface area contributed by atoms with E-state index in [-0.39, 0.29) is 24.3 Å². The Kier molecular flexibility index (Phi) is 6.72. The molecule has 1 aliphatic carbocycles. The molecule has 3 aromatic rings. The molecule has 2 aromatic carbocycles. The molecular weight excluding hydrogens is 454 g/mol. The first-order valence-corrected chi connectivity index (χ1v) is 12.7. The molecule has 7 nitrogen and oxygen atoms in total. The van der Waals surface area contributed by atoms with Crippen LogP contribution in [0, 0.1) is 5.92 Å². The molecule has 0 N–H and O–H groups in total. The lowest BCUT2D eigenvalue weighted by atomic mass is 9.96. The summed E-state index contributed by atoms with van der Waals surface area (Å²) in [5.74, 6) is 1.40. The van der Waals surface area contributed by atoms with Crippen LogP contribution < -0.4 is 14.4 Å². The Hall–Kier alpha value is -3.74. The molecule has 36 heavy (non-hydrogen) atoms. The van der Waals surface area contributed by atoms with Crippen molar-refractivity contribution >= 4 is 17.5 Å². The minimum Gasteiger partial charge on any atom is -0.497 e. The van der Waals surface area contributed by atoms with Gasteiger partial charge >= 0.3 is 0 Å². The average Bonchev–Trinajstić information content (AvgIpc) is 3.65. The molecule has 0 saturated heterocycles. The molecule has 1 atom stereocenters. The van der Waals surface area contributed by atoms with Gasteiger partial charge in [-0.3, -0.25) is 14.5 Å². The summed E-state index contributed by atoms with van der Waals surface area (Å²) in [6.07, 6.45) is 5.68. The van der Waals surface area contributed by atoms with Gasteiger partial charge in [-0.05, 0) is 61.7 Å². The third-order valence-corrected chi connectivity index (χ3v) is 7.07. The second-order valence-electron chi connectivity index (χ2n) is 9.45. The number of unbranched alkanes of at least 4 members (excludes halogenated alkanes) is 1. The molecule has 2 heterocycles. The number of para-hydroxylation sites is 2. The number of fused-ring (bicyclic) bond motifs is 3. The van der Waals surface area contributed by atoms with Crippen molar-refractivity contribution in [1.29, 1.82) is 0 Å². The molecule has 5 rings (SSSR count). The van der Waals surface area contributed by atoms with Crippen LogP contribution in [0.15, 0.2) is 60.8 Å². The van der Waals surface area contributed by atoms with Crippen LogP contribution in [0.2, 0.25) is 0 Å². The van der Waals surface area contributed by atoms with Crippen molar-refractivity contribution in [3.8, 4) is 17.2 Å². The molecule has 1 aliphatic heterocycles. The standard InChI is InChI=1S/C29H33N3O4/c1-4-5-16-30(29(34)20-12-13-20)19-27(33)32-24-10-7-6-9-23(24)31-17-8-11-25(31)28(32)22-18-21(35-2)14-15-26(22)36-3/h6-11,14-15,17-18,20,28H,4-5,12-13,16,19H2,1-3H3. The minimum absolute atomic E-state index is 0.0488. The number of ether oxygens (including phenoxy) is 2. The van der Waals surface area contributed by atoms with Gasteiger partial charge in [0.25, 0.3) is 0 Å². The van der Waals surface area contributed by atoms with Crippen LogP contribution >= 0.6 is 0 Å². The van der Waals surface area contributed by atoms with Gasteiger partial charge < -0.3 is 18.9 Å². The number of rotatable bonds is 9. The minimum atomic E-state index is -0.448. The highest BCUT2D eigenvalue weighted by Gasteiger charge is 2.40. The normalized spacial score (nSPS) is 16.2. The number of methoxy groups -OCH3 is 2. The van der Waals surface area contributed by atoms with E-state index in [0.29, 0.717) is 18.0 Å². The lowest BCUT2D eigenvalue weighted by molar-refractivity contribution is -0.136. The zero-order chi connectivity index (χ0) is 25.2. The Bertz CT molecular complexity index is 1260. The van der Waals surface area contributed by atoms with Gasteiger partial charge in [0.1, 0.15) is 24.1 Å². The van der Waals surface area contributed by atoms with Crippen LogP contribution in [0.1, 0.15) is 49.9 Å². The van der Waals surface area contributed by atoms with Crippen LogP contribution in [0.3, 0.4) is 0 Å². The summed E-state index contributed by atoms with van der Waals surface area (Å²) >= 11 is 0. The second kappa shape index (κ2) is 10.1. The van der Waals surface area contributed by atoms with E-state index in [2.05, 4.69) is 11.5 Å². The van der Waals surface area contributed by atoms with Gasteiger partial charge in [0, 0.05) is 24.2 Å². The maximum atomic E-state index is 14.2. The first-order valence-electron chi connectivity index (χ1n) is 12.7. The summed E-state index contributed by atoms with van der Waals surface area (Å²) in [4.78, 5) is 30.9. The number of anilines is 1. The number of hydrogen-bond donors (Lipinski definition) is 0. The Morgan fingerprint density at radius 3 is 2.47 bits per heavy atom. The van der Waals surface area contributed by atoms with Gasteiger partial charge in [0.05, 0.1) is 31.3 Å². The molecular formula is C29H33N3O4. The van der Waals surface area contributed by atoms with Crippen LogP contribution in [0.4, 0.5) is 5.69 Å². The van der Waals surface area contributed by atoms with Gasteiger partial charge in [0.2, 0.25) is 11.8 Å². The van der Waals surface area contributed by atoms with Gasteiger partial charge in [-0.2, -0.15) is 0 Å². The summed E-state index contributed by atoms with van der Waals surface area (Å²) in [7, 11) is 3.26. The van der Waals surface area contributed by atoms with E-state index in [1.165, 1.54) is 0 Å². The molecule has 1 saturated carbocycles. The zero-order valence-corrected chi connectivity index (χ0v) is 21.1. The molecule has 0 spiro atoms. The SMILES string of the molecule is CCCCN(CC(=O)N1c2ccccc2-n2cccc2C1c1cc(OC)ccc1OC)C(=O)C1CC1. The second-order valence-corrected chi connectivity index (χ2v) is 9.45. The Morgan fingerprint density at radius 2 is 1.78 bits per heavy atom. The smallest absolute Gasteiger partial charge is 0.247 e. The highest BCUT2D eigenvalue weighted by atomic mass is 16.5. The van der Waals surface area contributed by atoms with E-state index in [0.717, 1.165) is 48.3 Å². The number of carbonyl (C=O) groups excluding carboxylic acids is 2. The first-order chi connectivity index (χ1) is 17.6. The molecule has 188 valence electrons. The summed E-state index contributed by atoms with van der Waals surface area (Å²) in [6, 6.07) is 17.1. The van der Waals surface area contributed by atoms with Crippen molar-refractivity contribution in [2.24, 2.45) is 5.92 Å². The molecule has 2 aliphatic rings. The zero-order valence-electron chi connectivity index (χ0n) is 21.1. The highest BCUT2D eigenvalue weighted by Crippen LogP contribution is 2.45. The quantitative estimate of drug-likeness (QED) is 0.428. The summed E-state index contributed by atoms with van der Waals surface area (Å²) in [5, 5.41) is 0. The first kappa shape index (κ1) is 24.0. The van der Waals surface area contributed by atoms with Crippen LogP contribution in [0.25, 0.3) is 5.69 Å². The monoisotopic (exact) mass is 487 g/mol. The van der Waals surface area contributed by atoms with E-state index in [1.807, 2.05) is 65.7 Å². The lowest BCUT2D eigenvalue weighted by Crippen LogP contribution is -2.47. The predicted octanol–water partition coefficient (Wildman–Crippen LogP) is 4.97. The summed E-state index contributed by atoms with van der Waals surface area (Å²) in [6.45, 7) is 2.74. The fraction of sp³-hybridized carbons (Fsp3) is 0.379. The Morgan fingerprint density at radius 1 is 1.00 bits per heavy atom. The summed E-state index contributed by atoms with van der Waals surface area (Å²) in [5.41, 5.74) is 3.50. The molecule has 0 radical (unpaired) electrons. The van der Waals surface area contributed by atoms with E-state index in [9.17, 15) is 9.59 Å². The maximum absolute atomic E-state index is 14.2. The average molecular weight is 488 g/mol. The number of carbonyl (C=O) groups is 2. The van der Waals surface area contributed by atoms with Crippen molar-refractivity contribution in [2.45, 2.75) is 38.6 Å². The topological polar surface area (TPSA) is 64.0 Å². The van der Waals surface area contributed by atoms with Crippen LogP contribution in [0.5, 0.6) is 11.5 Å². The predicted molar refractivity (Wildman–Crippen MR) is 139 cm³/mol. The van der Waals surface area contributed by atoms with Gasteiger partial charge in [-0.1, -0.05) is 25.5 Å². The number of benzene rings is 2. The van der Waals surface area contributed by atoms with Crippen molar-refractivity contribution < 1.29 is 19.1 Å². The van der Waals surface area contributed by atoms with E-state index in [4.69, 9.17) is 9.47 Å². The molecule has 7 heteroatoms. The largest absolute Gasteiger partial charge is 0.497 e. The van der Waals surface area contributed by atoms with Gasteiger partial charge in [0.15, 0.2) is 0 Å². The third kappa shape index (κ3) is 4.34. The Balaban J connectivity index is 1.61. The maximum Gasteiger partial charge on any atom is 0.247 e. The summed E-state index contributed by atoms with van der Waals surface area (Å²) < 4.78 is 13.4. The lowest BCUT2D eigenvalue weighted by Gasteiger charge is -2.40. The third-order valence-electron chi connectivity index (χ3n) is 7.07. The van der Waals surface area contributed by atoms with Crippen molar-refractivity contribution in [3.63, 3.8) is 0 Å². The number of amides is 2. The fourth-order valence-corrected chi connectivity index (χ4v) is 5.05. The van der Waals surface area contributed by atoms with Gasteiger partial charge in [-0.25, -0.2) is 0 Å². The molecule has 2 amide bonds. The fourth-order valence-electron chi connectivity index (χ4n) is 5.05. The van der Waals surface area contributed by atoms with Crippen molar-refractivity contribution in [3.05, 3.63) is 72.1 Å². The molecule has 0 bridgehead atoms. The number of aromatic nitrogens is 1. The van der Waals surface area contributed by atoms with Crippen molar-refractivity contribution in [1.82, 2.24) is 9.47 Å². The van der Waals surface area contributed by atoms with Crippen molar-refractivity contribution in [2.75, 3.05) is 32.2 Å². The molecule has 1 fully saturated rings. The van der Waals surface area contributed by atoms with Crippen LogP contribution in [-0.4, -0.2) is 48.6 Å². The van der Waals surface area contributed by atoms with E-state index in [1.54, 1.807) is 19.1 Å². The van der Waals surface area contributed by atoms with Gasteiger partial charge in [-0.15, -0.1) is 0 Å². The van der Waals surface area contributed by atoms with E-state index >= 15 is 0 Å². The Labute approximate surface area is 212 Å². The number of hydrogen-bond acceptors (Lipinski definition) is 4. The molecule has 1 aromatic heterocycles. The van der Waals surface area contributed by atoms with E-state index < -0.39 is 6.04 Å². The number of nitrogens with zero attached hydrogens (tertiary/aromatic N) is 3.